The van der Waals surface area contributed by atoms with Crippen LogP contribution >= 0.6 is 0 Å². The van der Waals surface area contributed by atoms with Gasteiger partial charge in [0.2, 0.25) is 0 Å². The predicted molar refractivity (Wildman–Crippen MR) is 106 cm³/mol. The van der Waals surface area contributed by atoms with Crippen molar-refractivity contribution in [3.63, 3.8) is 0 Å². The number of rotatable bonds is 7. The van der Waals surface area contributed by atoms with Gasteiger partial charge in [-0.25, -0.2) is 15.0 Å². The van der Waals surface area contributed by atoms with Crippen molar-refractivity contribution >= 4 is 22.3 Å². The fourth-order valence-corrected chi connectivity index (χ4v) is 3.14. The average molecular weight is 362 g/mol. The minimum absolute atomic E-state index is 0.663. The molecule has 0 saturated heterocycles. The number of ether oxygens (including phenoxy) is 2. The number of benzene rings is 2. The highest BCUT2D eigenvalue weighted by Crippen LogP contribution is 2.26. The van der Waals surface area contributed by atoms with E-state index in [9.17, 15) is 0 Å². The SMILES string of the molecule is CCOCCCn1c(-c2ccc(OC)cc2)nc2nc3ccccc3nc21. The summed E-state index contributed by atoms with van der Waals surface area (Å²) in [5.74, 6) is 1.68. The largest absolute Gasteiger partial charge is 0.497 e. The van der Waals surface area contributed by atoms with E-state index in [4.69, 9.17) is 24.4 Å². The number of para-hydroxylation sites is 2. The molecule has 0 spiro atoms. The Morgan fingerprint density at radius 1 is 0.926 bits per heavy atom. The minimum Gasteiger partial charge on any atom is -0.497 e. The molecule has 27 heavy (non-hydrogen) atoms. The van der Waals surface area contributed by atoms with E-state index < -0.39 is 0 Å². The maximum atomic E-state index is 5.50. The summed E-state index contributed by atoms with van der Waals surface area (Å²) in [6.07, 6.45) is 0.886. The van der Waals surface area contributed by atoms with E-state index >= 15 is 0 Å². The molecular weight excluding hydrogens is 340 g/mol. The number of fused-ring (bicyclic) bond motifs is 2. The zero-order valence-corrected chi connectivity index (χ0v) is 15.6. The molecule has 0 atom stereocenters. The van der Waals surface area contributed by atoms with Crippen LogP contribution < -0.4 is 4.74 Å². The highest BCUT2D eigenvalue weighted by atomic mass is 16.5. The molecule has 0 saturated carbocycles. The second-order valence-electron chi connectivity index (χ2n) is 6.23. The topological polar surface area (TPSA) is 62.1 Å². The monoisotopic (exact) mass is 362 g/mol. The lowest BCUT2D eigenvalue weighted by Gasteiger charge is -2.09. The Labute approximate surface area is 157 Å². The van der Waals surface area contributed by atoms with E-state index in [-0.39, 0.29) is 0 Å². The molecule has 4 aromatic rings. The number of nitrogens with zero attached hydrogens (tertiary/aromatic N) is 4. The zero-order chi connectivity index (χ0) is 18.6. The van der Waals surface area contributed by atoms with Gasteiger partial charge in [-0.05, 0) is 49.7 Å². The maximum absolute atomic E-state index is 5.50. The molecule has 0 aliphatic carbocycles. The molecule has 0 aliphatic rings. The van der Waals surface area contributed by atoms with E-state index in [1.54, 1.807) is 7.11 Å². The molecule has 0 bridgehead atoms. The molecular formula is C21H22N4O2. The molecule has 4 rings (SSSR count). The molecule has 0 amide bonds. The van der Waals surface area contributed by atoms with Crippen LogP contribution in [0, 0.1) is 0 Å². The van der Waals surface area contributed by atoms with Gasteiger partial charge in [-0.1, -0.05) is 12.1 Å². The lowest BCUT2D eigenvalue weighted by atomic mass is 10.2. The number of imidazole rings is 1. The Morgan fingerprint density at radius 2 is 1.67 bits per heavy atom. The van der Waals surface area contributed by atoms with E-state index in [2.05, 4.69) is 4.57 Å². The van der Waals surface area contributed by atoms with Gasteiger partial charge >= 0.3 is 0 Å². The first-order chi connectivity index (χ1) is 13.3. The first kappa shape index (κ1) is 17.4. The number of aromatic nitrogens is 4. The molecule has 0 fully saturated rings. The summed E-state index contributed by atoms with van der Waals surface area (Å²) in [6.45, 7) is 4.21. The van der Waals surface area contributed by atoms with Crippen LogP contribution in [-0.2, 0) is 11.3 Å². The van der Waals surface area contributed by atoms with Crippen LogP contribution in [0.1, 0.15) is 13.3 Å². The van der Waals surface area contributed by atoms with Crippen LogP contribution in [0.4, 0.5) is 0 Å². The van der Waals surface area contributed by atoms with Crippen LogP contribution in [0.5, 0.6) is 5.75 Å². The van der Waals surface area contributed by atoms with Gasteiger partial charge in [-0.2, -0.15) is 0 Å². The van der Waals surface area contributed by atoms with Crippen LogP contribution in [0.2, 0.25) is 0 Å². The van der Waals surface area contributed by atoms with Crippen LogP contribution in [0.25, 0.3) is 33.7 Å². The third-order valence-electron chi connectivity index (χ3n) is 4.48. The van der Waals surface area contributed by atoms with Gasteiger partial charge in [-0.15, -0.1) is 0 Å². The third kappa shape index (κ3) is 3.48. The minimum atomic E-state index is 0.663. The fraction of sp³-hybridized carbons (Fsp3) is 0.286. The first-order valence-corrected chi connectivity index (χ1v) is 9.15. The van der Waals surface area contributed by atoms with Crippen molar-refractivity contribution in [2.45, 2.75) is 19.9 Å². The smallest absolute Gasteiger partial charge is 0.198 e. The highest BCUT2D eigenvalue weighted by Gasteiger charge is 2.16. The van der Waals surface area contributed by atoms with Crippen molar-refractivity contribution in [2.75, 3.05) is 20.3 Å². The summed E-state index contributed by atoms with van der Waals surface area (Å²) >= 11 is 0. The Kier molecular flexibility index (Phi) is 4.98. The van der Waals surface area contributed by atoms with Crippen LogP contribution in [0.15, 0.2) is 48.5 Å². The Balaban J connectivity index is 1.82. The van der Waals surface area contributed by atoms with Crippen molar-refractivity contribution in [1.82, 2.24) is 19.5 Å². The molecule has 2 aromatic heterocycles. The van der Waals surface area contributed by atoms with E-state index in [0.717, 1.165) is 53.4 Å². The van der Waals surface area contributed by atoms with Gasteiger partial charge in [0.05, 0.1) is 18.1 Å². The molecule has 2 aromatic carbocycles. The number of hydrogen-bond donors (Lipinski definition) is 0. The average Bonchev–Trinajstić information content (AvgIpc) is 3.07. The van der Waals surface area contributed by atoms with E-state index in [0.29, 0.717) is 12.3 Å². The van der Waals surface area contributed by atoms with Crippen molar-refractivity contribution in [3.8, 4) is 17.1 Å². The summed E-state index contributed by atoms with van der Waals surface area (Å²) in [4.78, 5) is 14.3. The number of hydrogen-bond acceptors (Lipinski definition) is 5. The lowest BCUT2D eigenvalue weighted by molar-refractivity contribution is 0.142. The Bertz CT molecular complexity index is 1060. The van der Waals surface area contributed by atoms with Gasteiger partial charge in [0.25, 0.3) is 0 Å². The molecule has 138 valence electrons. The maximum Gasteiger partial charge on any atom is 0.198 e. The standard InChI is InChI=1S/C21H22N4O2/c1-3-27-14-6-13-25-20(15-9-11-16(26-2)12-10-15)24-19-21(25)23-18-8-5-4-7-17(18)22-19/h4-5,7-12H,3,6,13-14H2,1-2H3. The second-order valence-corrected chi connectivity index (χ2v) is 6.23. The number of aryl methyl sites for hydroxylation is 1. The van der Waals surface area contributed by atoms with Gasteiger partial charge in [0, 0.05) is 25.3 Å². The molecule has 2 heterocycles. The van der Waals surface area contributed by atoms with Crippen molar-refractivity contribution in [1.29, 1.82) is 0 Å². The van der Waals surface area contributed by atoms with Gasteiger partial charge in [-0.3, -0.25) is 0 Å². The van der Waals surface area contributed by atoms with Gasteiger partial charge in [0.15, 0.2) is 11.3 Å². The summed E-state index contributed by atoms with van der Waals surface area (Å²) < 4.78 is 12.9. The third-order valence-corrected chi connectivity index (χ3v) is 4.48. The summed E-state index contributed by atoms with van der Waals surface area (Å²) in [7, 11) is 1.66. The lowest BCUT2D eigenvalue weighted by Crippen LogP contribution is -2.05. The normalized spacial score (nSPS) is 11.3. The molecule has 0 N–H and O–H groups in total. The second kappa shape index (κ2) is 7.72. The quantitative estimate of drug-likeness (QED) is 0.464. The van der Waals surface area contributed by atoms with Gasteiger partial charge < -0.3 is 14.0 Å². The van der Waals surface area contributed by atoms with E-state index in [1.807, 2.05) is 55.5 Å². The summed E-state index contributed by atoms with van der Waals surface area (Å²) in [5, 5.41) is 0. The highest BCUT2D eigenvalue weighted by molar-refractivity contribution is 5.84. The predicted octanol–water partition coefficient (Wildman–Crippen LogP) is 4.08. The molecule has 6 nitrogen and oxygen atoms in total. The van der Waals surface area contributed by atoms with Crippen molar-refractivity contribution in [3.05, 3.63) is 48.5 Å². The van der Waals surface area contributed by atoms with Crippen LogP contribution in [-0.4, -0.2) is 39.8 Å². The number of methoxy groups -OCH3 is 1. The molecule has 0 radical (unpaired) electrons. The summed E-state index contributed by atoms with van der Waals surface area (Å²) in [6, 6.07) is 15.8. The van der Waals surface area contributed by atoms with Gasteiger partial charge in [0.1, 0.15) is 11.6 Å². The Morgan fingerprint density at radius 3 is 2.37 bits per heavy atom. The van der Waals surface area contributed by atoms with E-state index in [1.165, 1.54) is 0 Å². The summed E-state index contributed by atoms with van der Waals surface area (Å²) in [5.41, 5.74) is 4.20. The van der Waals surface area contributed by atoms with Crippen LogP contribution in [0.3, 0.4) is 0 Å². The first-order valence-electron chi connectivity index (χ1n) is 9.15. The van der Waals surface area contributed by atoms with Crippen molar-refractivity contribution < 1.29 is 9.47 Å². The molecule has 0 aliphatic heterocycles. The molecule has 6 heteroatoms. The Hall–Kier alpha value is -2.99. The van der Waals surface area contributed by atoms with Crippen molar-refractivity contribution in [2.24, 2.45) is 0 Å². The fourth-order valence-electron chi connectivity index (χ4n) is 3.14. The zero-order valence-electron chi connectivity index (χ0n) is 15.6. The molecule has 0 unspecified atom stereocenters.